The van der Waals surface area contributed by atoms with Gasteiger partial charge in [-0.05, 0) is 6.42 Å². The van der Waals surface area contributed by atoms with E-state index < -0.39 is 30.7 Å². The number of ether oxygens (including phenoxy) is 2. The quantitative estimate of drug-likeness (QED) is 0.423. The molecule has 0 aromatic heterocycles. The van der Waals surface area contributed by atoms with Crippen LogP contribution in [0.15, 0.2) is 0 Å². The van der Waals surface area contributed by atoms with Gasteiger partial charge in [-0.25, -0.2) is 0 Å². The minimum absolute atomic E-state index is 0.0957. The molecule has 0 aromatic carbocycles. The van der Waals surface area contributed by atoms with E-state index in [0.29, 0.717) is 6.61 Å². The third-order valence-electron chi connectivity index (χ3n) is 4.11. The van der Waals surface area contributed by atoms with E-state index in [-0.39, 0.29) is 6.61 Å². The molecule has 0 amide bonds. The minimum Gasteiger partial charge on any atom is -0.387 e. The maximum atomic E-state index is 9.74. The van der Waals surface area contributed by atoms with Gasteiger partial charge in [0.05, 0.1) is 6.61 Å². The lowest BCUT2D eigenvalue weighted by molar-refractivity contribution is -0.288. The fraction of sp³-hybridized carbons (Fsp3) is 1.00. The first kappa shape index (κ1) is 19.8. The van der Waals surface area contributed by atoms with Crippen molar-refractivity contribution in [3.8, 4) is 0 Å². The minimum atomic E-state index is -1.49. The molecular weight excluding hydrogens is 288 g/mol. The molecule has 0 aromatic rings. The van der Waals surface area contributed by atoms with E-state index in [9.17, 15) is 20.4 Å². The SMILES string of the molecule is CCCCCCCCCCOCC1OC(O)C(O)C(O)C1O. The van der Waals surface area contributed by atoms with E-state index in [1.807, 2.05) is 0 Å². The van der Waals surface area contributed by atoms with Crippen molar-refractivity contribution in [2.45, 2.75) is 89.0 Å². The van der Waals surface area contributed by atoms with Crippen molar-refractivity contribution in [2.75, 3.05) is 13.2 Å². The summed E-state index contributed by atoms with van der Waals surface area (Å²) in [4.78, 5) is 0. The van der Waals surface area contributed by atoms with Gasteiger partial charge in [-0.3, -0.25) is 0 Å². The second-order valence-corrected chi connectivity index (χ2v) is 6.09. The van der Waals surface area contributed by atoms with E-state index >= 15 is 0 Å². The molecule has 6 nitrogen and oxygen atoms in total. The first-order chi connectivity index (χ1) is 10.6. The van der Waals surface area contributed by atoms with Gasteiger partial charge < -0.3 is 29.9 Å². The molecular formula is C16H32O6. The first-order valence-corrected chi connectivity index (χ1v) is 8.53. The van der Waals surface area contributed by atoms with Gasteiger partial charge in [-0.15, -0.1) is 0 Å². The molecule has 1 aliphatic rings. The smallest absolute Gasteiger partial charge is 0.184 e. The predicted molar refractivity (Wildman–Crippen MR) is 82.3 cm³/mol. The van der Waals surface area contributed by atoms with E-state index in [1.54, 1.807) is 0 Å². The Labute approximate surface area is 133 Å². The lowest BCUT2D eigenvalue weighted by Gasteiger charge is -2.38. The molecule has 0 aliphatic carbocycles. The maximum absolute atomic E-state index is 9.74. The van der Waals surface area contributed by atoms with Crippen molar-refractivity contribution in [2.24, 2.45) is 0 Å². The summed E-state index contributed by atoms with van der Waals surface area (Å²) < 4.78 is 10.5. The molecule has 1 aliphatic heterocycles. The maximum Gasteiger partial charge on any atom is 0.184 e. The summed E-state index contributed by atoms with van der Waals surface area (Å²) in [6, 6.07) is 0. The van der Waals surface area contributed by atoms with Crippen LogP contribution < -0.4 is 0 Å². The summed E-state index contributed by atoms with van der Waals surface area (Å²) in [7, 11) is 0. The lowest BCUT2D eigenvalue weighted by Crippen LogP contribution is -2.58. The molecule has 6 heteroatoms. The van der Waals surface area contributed by atoms with Gasteiger partial charge in [0.1, 0.15) is 24.4 Å². The second-order valence-electron chi connectivity index (χ2n) is 6.09. The van der Waals surface area contributed by atoms with E-state index in [0.717, 1.165) is 12.8 Å². The Morgan fingerprint density at radius 1 is 0.773 bits per heavy atom. The Bertz CT molecular complexity index is 275. The zero-order valence-electron chi connectivity index (χ0n) is 13.6. The van der Waals surface area contributed by atoms with Gasteiger partial charge in [-0.1, -0.05) is 51.9 Å². The molecule has 132 valence electrons. The van der Waals surface area contributed by atoms with Crippen molar-refractivity contribution >= 4 is 0 Å². The highest BCUT2D eigenvalue weighted by Crippen LogP contribution is 2.20. The molecule has 1 rings (SSSR count). The van der Waals surface area contributed by atoms with Crippen LogP contribution in [-0.4, -0.2) is 64.3 Å². The topological polar surface area (TPSA) is 99.4 Å². The fourth-order valence-electron chi connectivity index (χ4n) is 2.61. The zero-order valence-corrected chi connectivity index (χ0v) is 13.6. The molecule has 5 unspecified atom stereocenters. The van der Waals surface area contributed by atoms with Crippen LogP contribution in [0.3, 0.4) is 0 Å². The Morgan fingerprint density at radius 3 is 2.00 bits per heavy atom. The van der Waals surface area contributed by atoms with Crippen molar-refractivity contribution in [1.82, 2.24) is 0 Å². The lowest BCUT2D eigenvalue weighted by atomic mass is 9.99. The Kier molecular flexibility index (Phi) is 10.2. The number of hydrogen-bond donors (Lipinski definition) is 4. The average Bonchev–Trinajstić information content (AvgIpc) is 2.51. The highest BCUT2D eigenvalue weighted by molar-refractivity contribution is 4.88. The molecule has 1 fully saturated rings. The van der Waals surface area contributed by atoms with Crippen molar-refractivity contribution in [3.05, 3.63) is 0 Å². The third-order valence-corrected chi connectivity index (χ3v) is 4.11. The third kappa shape index (κ3) is 6.89. The molecule has 4 N–H and O–H groups in total. The Morgan fingerprint density at radius 2 is 1.36 bits per heavy atom. The van der Waals surface area contributed by atoms with Crippen LogP contribution in [0.1, 0.15) is 58.3 Å². The van der Waals surface area contributed by atoms with Crippen LogP contribution in [0.4, 0.5) is 0 Å². The molecule has 1 heterocycles. The zero-order chi connectivity index (χ0) is 16.4. The summed E-state index contributed by atoms with van der Waals surface area (Å²) >= 11 is 0. The average molecular weight is 320 g/mol. The largest absolute Gasteiger partial charge is 0.387 e. The second kappa shape index (κ2) is 11.3. The Balaban J connectivity index is 2.00. The van der Waals surface area contributed by atoms with Crippen molar-refractivity contribution in [3.63, 3.8) is 0 Å². The van der Waals surface area contributed by atoms with Crippen molar-refractivity contribution < 1.29 is 29.9 Å². The van der Waals surface area contributed by atoms with Gasteiger partial charge in [0, 0.05) is 6.61 Å². The molecule has 0 spiro atoms. The molecule has 22 heavy (non-hydrogen) atoms. The molecule has 0 saturated carbocycles. The number of aliphatic hydroxyl groups is 4. The van der Waals surface area contributed by atoms with Gasteiger partial charge in [0.2, 0.25) is 0 Å². The summed E-state index contributed by atoms with van der Waals surface area (Å²) in [6.45, 7) is 2.87. The molecule has 0 radical (unpaired) electrons. The number of hydrogen-bond acceptors (Lipinski definition) is 6. The highest BCUT2D eigenvalue weighted by atomic mass is 16.6. The summed E-state index contributed by atoms with van der Waals surface area (Å²) in [5.74, 6) is 0. The number of rotatable bonds is 11. The van der Waals surface area contributed by atoms with E-state index in [1.165, 1.54) is 38.5 Å². The predicted octanol–water partition coefficient (Wildman–Crippen LogP) is 0.944. The number of aliphatic hydroxyl groups excluding tert-OH is 4. The molecule has 1 saturated heterocycles. The fourth-order valence-corrected chi connectivity index (χ4v) is 2.61. The standard InChI is InChI=1S/C16H32O6/c1-2-3-4-5-6-7-8-9-10-21-11-12-13(17)14(18)15(19)16(20)22-12/h12-20H,2-11H2,1H3. The summed E-state index contributed by atoms with van der Waals surface area (Å²) in [6.07, 6.45) is 3.28. The van der Waals surface area contributed by atoms with Crippen molar-refractivity contribution in [1.29, 1.82) is 0 Å². The van der Waals surface area contributed by atoms with Crippen LogP contribution in [-0.2, 0) is 9.47 Å². The number of unbranched alkanes of at least 4 members (excludes halogenated alkanes) is 7. The monoisotopic (exact) mass is 320 g/mol. The van der Waals surface area contributed by atoms with Crippen LogP contribution in [0, 0.1) is 0 Å². The van der Waals surface area contributed by atoms with Gasteiger partial charge >= 0.3 is 0 Å². The first-order valence-electron chi connectivity index (χ1n) is 8.53. The van der Waals surface area contributed by atoms with E-state index in [2.05, 4.69) is 6.92 Å². The van der Waals surface area contributed by atoms with Gasteiger partial charge in [-0.2, -0.15) is 0 Å². The molecule has 0 bridgehead atoms. The van der Waals surface area contributed by atoms with Crippen LogP contribution in [0.2, 0.25) is 0 Å². The van der Waals surface area contributed by atoms with Gasteiger partial charge in [0.15, 0.2) is 6.29 Å². The Hall–Kier alpha value is -0.240. The molecule has 5 atom stereocenters. The van der Waals surface area contributed by atoms with Crippen LogP contribution in [0.5, 0.6) is 0 Å². The van der Waals surface area contributed by atoms with Crippen LogP contribution in [0.25, 0.3) is 0 Å². The summed E-state index contributed by atoms with van der Waals surface area (Å²) in [5.41, 5.74) is 0. The summed E-state index contributed by atoms with van der Waals surface area (Å²) in [5, 5.41) is 38.0. The van der Waals surface area contributed by atoms with Gasteiger partial charge in [0.25, 0.3) is 0 Å². The highest BCUT2D eigenvalue weighted by Gasteiger charge is 2.42. The van der Waals surface area contributed by atoms with E-state index in [4.69, 9.17) is 9.47 Å². The normalized spacial score (nSPS) is 32.3. The van der Waals surface area contributed by atoms with Crippen LogP contribution >= 0.6 is 0 Å².